The van der Waals surface area contributed by atoms with Crippen molar-refractivity contribution in [3.63, 3.8) is 0 Å². The lowest BCUT2D eigenvalue weighted by Crippen LogP contribution is -2.23. The molecule has 1 heterocycles. The zero-order chi connectivity index (χ0) is 12.5. The molecule has 94 valence electrons. The summed E-state index contributed by atoms with van der Waals surface area (Å²) in [5.74, 6) is 0.395. The average Bonchev–Trinajstić information content (AvgIpc) is 2.76. The van der Waals surface area contributed by atoms with Gasteiger partial charge in [-0.15, -0.1) is 0 Å². The predicted molar refractivity (Wildman–Crippen MR) is 63.8 cm³/mol. The van der Waals surface area contributed by atoms with E-state index in [1.54, 1.807) is 26.4 Å². The van der Waals surface area contributed by atoms with Gasteiger partial charge in [-0.3, -0.25) is 0 Å². The molecule has 1 aliphatic heterocycles. The van der Waals surface area contributed by atoms with E-state index in [9.17, 15) is 0 Å². The smallest absolute Gasteiger partial charge is 0.195 e. The Morgan fingerprint density at radius 2 is 1.71 bits per heavy atom. The van der Waals surface area contributed by atoms with E-state index in [0.717, 1.165) is 5.56 Å². The van der Waals surface area contributed by atoms with Crippen molar-refractivity contribution in [3.8, 4) is 11.5 Å². The monoisotopic (exact) mass is 258 g/mol. The van der Waals surface area contributed by atoms with Crippen LogP contribution in [0.3, 0.4) is 0 Å². The van der Waals surface area contributed by atoms with Crippen LogP contribution in [0.15, 0.2) is 12.1 Å². The van der Waals surface area contributed by atoms with Crippen molar-refractivity contribution in [2.24, 2.45) is 0 Å². The molecule has 0 atom stereocenters. The van der Waals surface area contributed by atoms with Crippen molar-refractivity contribution in [2.45, 2.75) is 12.7 Å². The number of hydrogen-bond acceptors (Lipinski definition) is 4. The van der Waals surface area contributed by atoms with Gasteiger partial charge in [-0.05, 0) is 13.0 Å². The topological polar surface area (TPSA) is 36.9 Å². The number of rotatable bonds is 3. The SMILES string of the molecule is COc1cc(C2(C)OCCO2)c(OC)cc1Cl. The molecule has 0 bridgehead atoms. The highest BCUT2D eigenvalue weighted by atomic mass is 35.5. The maximum atomic E-state index is 6.05. The standard InChI is InChI=1S/C12H15ClO4/c1-12(16-4-5-17-12)8-6-11(15-3)9(13)7-10(8)14-2/h6-7H,4-5H2,1-3H3. The van der Waals surface area contributed by atoms with Gasteiger partial charge in [-0.2, -0.15) is 0 Å². The summed E-state index contributed by atoms with van der Waals surface area (Å²) >= 11 is 6.05. The molecule has 5 heteroatoms. The molecule has 0 amide bonds. The molecule has 17 heavy (non-hydrogen) atoms. The van der Waals surface area contributed by atoms with Gasteiger partial charge in [0.1, 0.15) is 11.5 Å². The Morgan fingerprint density at radius 3 is 2.24 bits per heavy atom. The van der Waals surface area contributed by atoms with Crippen molar-refractivity contribution < 1.29 is 18.9 Å². The second kappa shape index (κ2) is 4.72. The molecule has 0 saturated carbocycles. The number of hydrogen-bond donors (Lipinski definition) is 0. The number of ether oxygens (including phenoxy) is 4. The van der Waals surface area contributed by atoms with Crippen molar-refractivity contribution in [1.29, 1.82) is 0 Å². The summed E-state index contributed by atoms with van der Waals surface area (Å²) in [5.41, 5.74) is 0.777. The minimum Gasteiger partial charge on any atom is -0.496 e. The number of halogens is 1. The lowest BCUT2D eigenvalue weighted by atomic mass is 10.1. The Bertz CT molecular complexity index is 413. The molecule has 0 unspecified atom stereocenters. The fourth-order valence-corrected chi connectivity index (χ4v) is 2.12. The van der Waals surface area contributed by atoms with Gasteiger partial charge in [0.15, 0.2) is 5.79 Å². The maximum Gasteiger partial charge on any atom is 0.195 e. The molecule has 1 aliphatic rings. The van der Waals surface area contributed by atoms with E-state index in [0.29, 0.717) is 29.7 Å². The highest BCUT2D eigenvalue weighted by Crippen LogP contribution is 2.41. The molecule has 1 fully saturated rings. The Labute approximate surface area is 105 Å². The first-order valence-electron chi connectivity index (χ1n) is 5.30. The Balaban J connectivity index is 2.50. The third-order valence-corrected chi connectivity index (χ3v) is 3.10. The van der Waals surface area contributed by atoms with E-state index in [1.807, 2.05) is 6.92 Å². The van der Waals surface area contributed by atoms with E-state index in [4.69, 9.17) is 30.5 Å². The zero-order valence-electron chi connectivity index (χ0n) is 10.1. The van der Waals surface area contributed by atoms with E-state index in [2.05, 4.69) is 0 Å². The Hall–Kier alpha value is -0.970. The molecule has 0 spiro atoms. The van der Waals surface area contributed by atoms with E-state index in [-0.39, 0.29) is 0 Å². The Kier molecular flexibility index (Phi) is 3.47. The van der Waals surface area contributed by atoms with Crippen LogP contribution in [0.4, 0.5) is 0 Å². The maximum absolute atomic E-state index is 6.05. The average molecular weight is 259 g/mol. The van der Waals surface area contributed by atoms with E-state index < -0.39 is 5.79 Å². The number of benzene rings is 1. The van der Waals surface area contributed by atoms with Gasteiger partial charge in [0, 0.05) is 6.07 Å². The highest BCUT2D eigenvalue weighted by molar-refractivity contribution is 6.32. The molecule has 1 aromatic carbocycles. The van der Waals surface area contributed by atoms with E-state index >= 15 is 0 Å². The van der Waals surface area contributed by atoms with Crippen molar-refractivity contribution >= 4 is 11.6 Å². The lowest BCUT2D eigenvalue weighted by Gasteiger charge is -2.25. The highest BCUT2D eigenvalue weighted by Gasteiger charge is 2.36. The first-order chi connectivity index (χ1) is 8.10. The van der Waals surface area contributed by atoms with Crippen LogP contribution in [0.25, 0.3) is 0 Å². The molecule has 1 saturated heterocycles. The number of methoxy groups -OCH3 is 2. The van der Waals surface area contributed by atoms with E-state index in [1.165, 1.54) is 0 Å². The normalized spacial score (nSPS) is 18.1. The van der Waals surface area contributed by atoms with Crippen molar-refractivity contribution in [3.05, 3.63) is 22.7 Å². The van der Waals surface area contributed by atoms with Gasteiger partial charge in [-0.25, -0.2) is 0 Å². The van der Waals surface area contributed by atoms with Gasteiger partial charge >= 0.3 is 0 Å². The minimum absolute atomic E-state index is 0.495. The van der Waals surface area contributed by atoms with Gasteiger partial charge in [0.05, 0.1) is 38.0 Å². The lowest BCUT2D eigenvalue weighted by molar-refractivity contribution is -0.150. The van der Waals surface area contributed by atoms with Crippen LogP contribution in [0, 0.1) is 0 Å². The molecule has 2 rings (SSSR count). The summed E-state index contributed by atoms with van der Waals surface area (Å²) < 4.78 is 21.7. The summed E-state index contributed by atoms with van der Waals surface area (Å²) in [6.07, 6.45) is 0. The van der Waals surface area contributed by atoms with Crippen molar-refractivity contribution in [1.82, 2.24) is 0 Å². The molecule has 0 aromatic heterocycles. The molecule has 1 aromatic rings. The first kappa shape index (κ1) is 12.5. The summed E-state index contributed by atoms with van der Waals surface area (Å²) in [6, 6.07) is 3.48. The van der Waals surface area contributed by atoms with Crippen LogP contribution in [0.5, 0.6) is 11.5 Å². The second-order valence-electron chi connectivity index (χ2n) is 3.83. The Morgan fingerprint density at radius 1 is 1.12 bits per heavy atom. The van der Waals surface area contributed by atoms with Gasteiger partial charge in [-0.1, -0.05) is 11.6 Å². The summed E-state index contributed by atoms with van der Waals surface area (Å²) in [5, 5.41) is 0.495. The zero-order valence-corrected chi connectivity index (χ0v) is 10.8. The summed E-state index contributed by atoms with van der Waals surface area (Å²) in [4.78, 5) is 0. The fraction of sp³-hybridized carbons (Fsp3) is 0.500. The third kappa shape index (κ3) is 2.20. The second-order valence-corrected chi connectivity index (χ2v) is 4.24. The molecule has 0 N–H and O–H groups in total. The van der Waals surface area contributed by atoms with Crippen LogP contribution >= 0.6 is 11.6 Å². The summed E-state index contributed by atoms with van der Waals surface area (Å²) in [6.45, 7) is 2.97. The third-order valence-electron chi connectivity index (χ3n) is 2.80. The van der Waals surface area contributed by atoms with Crippen LogP contribution in [-0.4, -0.2) is 27.4 Å². The quantitative estimate of drug-likeness (QED) is 0.835. The van der Waals surface area contributed by atoms with Crippen LogP contribution in [-0.2, 0) is 15.3 Å². The minimum atomic E-state index is -0.802. The van der Waals surface area contributed by atoms with Crippen LogP contribution in [0.2, 0.25) is 5.02 Å². The molecule has 0 aliphatic carbocycles. The van der Waals surface area contributed by atoms with Gasteiger partial charge in [0.25, 0.3) is 0 Å². The van der Waals surface area contributed by atoms with Gasteiger partial charge < -0.3 is 18.9 Å². The van der Waals surface area contributed by atoms with Crippen LogP contribution in [0.1, 0.15) is 12.5 Å². The molecule has 4 nitrogen and oxygen atoms in total. The molecule has 0 radical (unpaired) electrons. The molecular weight excluding hydrogens is 244 g/mol. The van der Waals surface area contributed by atoms with Crippen LogP contribution < -0.4 is 9.47 Å². The fourth-order valence-electron chi connectivity index (χ4n) is 1.89. The van der Waals surface area contributed by atoms with Gasteiger partial charge in [0.2, 0.25) is 0 Å². The summed E-state index contributed by atoms with van der Waals surface area (Å²) in [7, 11) is 3.15. The molecular formula is C12H15ClO4. The van der Waals surface area contributed by atoms with Crippen molar-refractivity contribution in [2.75, 3.05) is 27.4 Å². The predicted octanol–water partition coefficient (Wildman–Crippen LogP) is 2.58. The largest absolute Gasteiger partial charge is 0.496 e. The first-order valence-corrected chi connectivity index (χ1v) is 5.68.